The van der Waals surface area contributed by atoms with E-state index in [1.54, 1.807) is 0 Å². The number of halogens is 1. The van der Waals surface area contributed by atoms with Crippen LogP contribution in [0.1, 0.15) is 18.4 Å². The molecule has 0 aromatic heterocycles. The average Bonchev–Trinajstić information content (AvgIpc) is 2.17. The van der Waals surface area contributed by atoms with Crippen molar-refractivity contribution in [2.45, 2.75) is 12.8 Å². The van der Waals surface area contributed by atoms with Gasteiger partial charge >= 0.3 is 0 Å². The van der Waals surface area contributed by atoms with Crippen LogP contribution < -0.4 is 9.84 Å². The topological polar surface area (TPSA) is 49.4 Å². The molecule has 0 amide bonds. The molecule has 0 spiro atoms. The first-order chi connectivity index (χ1) is 6.56. The van der Waals surface area contributed by atoms with Crippen LogP contribution in [0.25, 0.3) is 0 Å². The molecule has 0 saturated heterocycles. The quantitative estimate of drug-likeness (QED) is 0.716. The fourth-order valence-electron chi connectivity index (χ4n) is 1.08. The van der Waals surface area contributed by atoms with Gasteiger partial charge in [-0.2, -0.15) is 0 Å². The van der Waals surface area contributed by atoms with Gasteiger partial charge in [0.2, 0.25) is 0 Å². The van der Waals surface area contributed by atoms with E-state index in [4.69, 9.17) is 4.74 Å². The van der Waals surface area contributed by atoms with Crippen molar-refractivity contribution in [2.75, 3.05) is 7.11 Å². The first-order valence-corrected chi connectivity index (χ1v) is 4.10. The second kappa shape index (κ2) is 4.09. The molecule has 0 N–H and O–H groups in total. The molecule has 76 valence electrons. The Hall–Kier alpha value is -1.58. The summed E-state index contributed by atoms with van der Waals surface area (Å²) >= 11 is 0. The highest BCUT2D eigenvalue weighted by Crippen LogP contribution is 2.23. The Kier molecular flexibility index (Phi) is 3.06. The van der Waals surface area contributed by atoms with E-state index in [0.717, 1.165) is 0 Å². The maximum absolute atomic E-state index is 12.9. The number of hydrogen-bond acceptors (Lipinski definition) is 3. The van der Waals surface area contributed by atoms with Gasteiger partial charge in [0.05, 0.1) is 7.11 Å². The van der Waals surface area contributed by atoms with Crippen LogP contribution in [0.3, 0.4) is 0 Å². The lowest BCUT2D eigenvalue weighted by atomic mass is 10.0. The van der Waals surface area contributed by atoms with E-state index in [2.05, 4.69) is 0 Å². The summed E-state index contributed by atoms with van der Waals surface area (Å²) in [4.78, 5) is 10.5. The number of carboxylic acid groups (broad SMARTS) is 1. The molecule has 1 aromatic carbocycles. The van der Waals surface area contributed by atoms with Crippen LogP contribution in [-0.4, -0.2) is 13.1 Å². The summed E-state index contributed by atoms with van der Waals surface area (Å²) in [6.07, 6.45) is 0. The van der Waals surface area contributed by atoms with Gasteiger partial charge in [0.25, 0.3) is 0 Å². The molecule has 1 atom stereocenters. The molecule has 4 heteroatoms. The number of benzene rings is 1. The van der Waals surface area contributed by atoms with Crippen LogP contribution in [0.5, 0.6) is 5.75 Å². The van der Waals surface area contributed by atoms with Crippen LogP contribution in [0.2, 0.25) is 0 Å². The predicted molar refractivity (Wildman–Crippen MR) is 46.4 cm³/mol. The van der Waals surface area contributed by atoms with Crippen molar-refractivity contribution in [3.63, 3.8) is 0 Å². The molecule has 14 heavy (non-hydrogen) atoms. The van der Waals surface area contributed by atoms with E-state index in [1.807, 2.05) is 0 Å². The summed E-state index contributed by atoms with van der Waals surface area (Å²) in [5.74, 6) is -2.44. The Balaban J connectivity index is 3.06. The molecule has 0 heterocycles. The first-order valence-electron chi connectivity index (χ1n) is 4.10. The number of aliphatic carboxylic acids is 1. The van der Waals surface area contributed by atoms with Crippen LogP contribution in [0.15, 0.2) is 18.2 Å². The molecule has 0 aliphatic carbocycles. The molecular formula is C10H10FO3-. The van der Waals surface area contributed by atoms with Crippen molar-refractivity contribution in [3.8, 4) is 5.75 Å². The number of methoxy groups -OCH3 is 1. The lowest BCUT2D eigenvalue weighted by Crippen LogP contribution is -2.28. The zero-order valence-electron chi connectivity index (χ0n) is 7.91. The van der Waals surface area contributed by atoms with Crippen LogP contribution in [0.4, 0.5) is 4.39 Å². The standard InChI is InChI=1S/C10H11FO3/c1-6(10(12)13)7-3-4-8(11)9(5-7)14-2/h3-6H,1-2H3,(H,12,13)/p-1. The third-order valence-electron chi connectivity index (χ3n) is 2.03. The molecule has 1 rings (SSSR count). The van der Waals surface area contributed by atoms with Gasteiger partial charge in [0, 0.05) is 11.9 Å². The van der Waals surface area contributed by atoms with Crippen molar-refractivity contribution in [3.05, 3.63) is 29.6 Å². The van der Waals surface area contributed by atoms with Crippen molar-refractivity contribution in [2.24, 2.45) is 0 Å². The lowest BCUT2D eigenvalue weighted by Gasteiger charge is -2.13. The third kappa shape index (κ3) is 2.02. The lowest BCUT2D eigenvalue weighted by molar-refractivity contribution is -0.307. The zero-order chi connectivity index (χ0) is 10.7. The van der Waals surface area contributed by atoms with Crippen LogP contribution in [-0.2, 0) is 4.79 Å². The molecular weight excluding hydrogens is 187 g/mol. The summed E-state index contributed by atoms with van der Waals surface area (Å²) in [7, 11) is 1.33. The minimum Gasteiger partial charge on any atom is -0.550 e. The van der Waals surface area contributed by atoms with E-state index in [9.17, 15) is 14.3 Å². The first kappa shape index (κ1) is 10.5. The minimum atomic E-state index is -1.20. The average molecular weight is 197 g/mol. The Bertz CT molecular complexity index is 349. The Morgan fingerprint density at radius 1 is 1.57 bits per heavy atom. The van der Waals surface area contributed by atoms with Gasteiger partial charge in [-0.15, -0.1) is 0 Å². The van der Waals surface area contributed by atoms with Gasteiger partial charge in [-0.3, -0.25) is 0 Å². The Morgan fingerprint density at radius 3 is 2.71 bits per heavy atom. The highest BCUT2D eigenvalue weighted by Gasteiger charge is 2.09. The summed E-state index contributed by atoms with van der Waals surface area (Å²) in [5.41, 5.74) is 0.461. The van der Waals surface area contributed by atoms with E-state index in [-0.39, 0.29) is 5.75 Å². The number of rotatable bonds is 3. The maximum Gasteiger partial charge on any atom is 0.165 e. The molecule has 1 aromatic rings. The van der Waals surface area contributed by atoms with E-state index in [0.29, 0.717) is 5.56 Å². The van der Waals surface area contributed by atoms with Gasteiger partial charge in [0.15, 0.2) is 11.6 Å². The maximum atomic E-state index is 12.9. The van der Waals surface area contributed by atoms with Crippen molar-refractivity contribution in [1.82, 2.24) is 0 Å². The number of carboxylic acids is 1. The fraction of sp³-hybridized carbons (Fsp3) is 0.300. The number of carbonyl (C=O) groups is 1. The fourth-order valence-corrected chi connectivity index (χ4v) is 1.08. The smallest absolute Gasteiger partial charge is 0.165 e. The highest BCUT2D eigenvalue weighted by molar-refractivity contribution is 5.73. The van der Waals surface area contributed by atoms with Crippen molar-refractivity contribution < 1.29 is 19.0 Å². The van der Waals surface area contributed by atoms with Gasteiger partial charge in [-0.05, 0) is 17.7 Å². The Labute approximate surface area is 81.1 Å². The van der Waals surface area contributed by atoms with Crippen LogP contribution >= 0.6 is 0 Å². The van der Waals surface area contributed by atoms with Gasteiger partial charge < -0.3 is 14.6 Å². The monoisotopic (exact) mass is 197 g/mol. The second-order valence-corrected chi connectivity index (χ2v) is 2.93. The van der Waals surface area contributed by atoms with Gasteiger partial charge in [-0.1, -0.05) is 13.0 Å². The van der Waals surface area contributed by atoms with E-state index in [1.165, 1.54) is 32.2 Å². The van der Waals surface area contributed by atoms with Crippen molar-refractivity contribution >= 4 is 5.97 Å². The third-order valence-corrected chi connectivity index (χ3v) is 2.03. The Morgan fingerprint density at radius 2 is 2.21 bits per heavy atom. The van der Waals surface area contributed by atoms with Gasteiger partial charge in [-0.25, -0.2) is 4.39 Å². The van der Waals surface area contributed by atoms with Crippen molar-refractivity contribution in [1.29, 1.82) is 0 Å². The number of hydrogen-bond donors (Lipinski definition) is 0. The molecule has 0 fully saturated rings. The highest BCUT2D eigenvalue weighted by atomic mass is 19.1. The normalized spacial score (nSPS) is 12.2. The number of ether oxygens (including phenoxy) is 1. The summed E-state index contributed by atoms with van der Waals surface area (Å²) in [6, 6.07) is 3.93. The minimum absolute atomic E-state index is 0.0376. The largest absolute Gasteiger partial charge is 0.550 e. The van der Waals surface area contributed by atoms with E-state index < -0.39 is 17.7 Å². The second-order valence-electron chi connectivity index (χ2n) is 2.93. The predicted octanol–water partition coefficient (Wildman–Crippen LogP) is 0.688. The molecule has 0 aliphatic heterocycles. The number of carbonyl (C=O) groups excluding carboxylic acids is 1. The summed E-state index contributed by atoms with van der Waals surface area (Å²) in [5, 5.41) is 10.5. The molecule has 0 saturated carbocycles. The molecule has 0 radical (unpaired) electrons. The molecule has 0 bridgehead atoms. The van der Waals surface area contributed by atoms with Gasteiger partial charge in [0.1, 0.15) is 0 Å². The van der Waals surface area contributed by atoms with Crippen LogP contribution in [0, 0.1) is 5.82 Å². The molecule has 1 unspecified atom stereocenters. The molecule has 0 aliphatic rings. The molecule has 3 nitrogen and oxygen atoms in total. The van der Waals surface area contributed by atoms with E-state index >= 15 is 0 Å². The SMILES string of the molecule is COc1cc(C(C)C(=O)[O-])ccc1F. The summed E-state index contributed by atoms with van der Waals surface area (Å²) < 4.78 is 17.7. The summed E-state index contributed by atoms with van der Waals surface area (Å²) in [6.45, 7) is 1.47. The zero-order valence-corrected chi connectivity index (χ0v) is 7.91.